The first-order chi connectivity index (χ1) is 9.26. The highest BCUT2D eigenvalue weighted by atomic mass is 35.5. The molecule has 0 aliphatic carbocycles. The number of hydrogen-bond donors (Lipinski definition) is 0. The van der Waals surface area contributed by atoms with Crippen LogP contribution in [0, 0.1) is 0 Å². The fourth-order valence-corrected chi connectivity index (χ4v) is 5.49. The van der Waals surface area contributed by atoms with E-state index >= 15 is 0 Å². The zero-order valence-electron chi connectivity index (χ0n) is 10.9. The predicted molar refractivity (Wildman–Crippen MR) is 75.0 cm³/mol. The van der Waals surface area contributed by atoms with Crippen molar-refractivity contribution in [2.45, 2.75) is 23.9 Å². The summed E-state index contributed by atoms with van der Waals surface area (Å²) in [6, 6.07) is -0.513. The molecule has 2 heterocycles. The quantitative estimate of drug-likeness (QED) is 0.699. The number of hydrogen-bond acceptors (Lipinski definition) is 5. The van der Waals surface area contributed by atoms with Gasteiger partial charge in [0.1, 0.15) is 4.90 Å². The van der Waals surface area contributed by atoms with E-state index in [0.717, 1.165) is 4.31 Å². The third-order valence-corrected chi connectivity index (χ3v) is 7.11. The fourth-order valence-electron chi connectivity index (χ4n) is 2.11. The fraction of sp³-hybridized carbons (Fsp3) is 0.700. The van der Waals surface area contributed by atoms with Crippen LogP contribution in [0.15, 0.2) is 17.3 Å². The Balaban J connectivity index is 2.21. The maximum Gasteiger partial charge on any atom is 0.246 e. The van der Waals surface area contributed by atoms with Crippen LogP contribution in [0.1, 0.15) is 6.42 Å². The summed E-state index contributed by atoms with van der Waals surface area (Å²) in [5, 5.41) is 3.92. The lowest BCUT2D eigenvalue weighted by Gasteiger charge is -2.21. The van der Waals surface area contributed by atoms with Crippen molar-refractivity contribution in [3.63, 3.8) is 0 Å². The Bertz CT molecular complexity index is 683. The molecule has 1 aliphatic heterocycles. The molecule has 1 atom stereocenters. The van der Waals surface area contributed by atoms with Gasteiger partial charge in [-0.25, -0.2) is 16.8 Å². The minimum Gasteiger partial charge on any atom is -0.270 e. The Morgan fingerprint density at radius 1 is 1.55 bits per heavy atom. The standard InChI is InChI=1S/C10H16ClN3O4S2/c1-13(9-2-5-19(15,16)8-9)20(17,18)10-6-12-14(7-10)4-3-11/h6-7,9H,2-5,8H2,1H3. The zero-order chi connectivity index (χ0) is 15.0. The number of aromatic nitrogens is 2. The highest BCUT2D eigenvalue weighted by Crippen LogP contribution is 2.23. The van der Waals surface area contributed by atoms with Gasteiger partial charge in [-0.1, -0.05) is 0 Å². The molecule has 114 valence electrons. The maximum absolute atomic E-state index is 12.4. The van der Waals surface area contributed by atoms with Gasteiger partial charge in [0.15, 0.2) is 9.84 Å². The summed E-state index contributed by atoms with van der Waals surface area (Å²) >= 11 is 5.57. The van der Waals surface area contributed by atoms with E-state index in [1.165, 1.54) is 24.1 Å². The van der Waals surface area contributed by atoms with Crippen LogP contribution in [-0.4, -0.2) is 61.4 Å². The van der Waals surface area contributed by atoms with Crippen LogP contribution < -0.4 is 0 Å². The van der Waals surface area contributed by atoms with Crippen molar-refractivity contribution in [2.75, 3.05) is 24.4 Å². The first-order valence-corrected chi connectivity index (χ1v) is 9.83. The summed E-state index contributed by atoms with van der Waals surface area (Å²) in [5.74, 6) is 0.236. The minimum absolute atomic E-state index is 0.0308. The van der Waals surface area contributed by atoms with Crippen molar-refractivity contribution in [3.8, 4) is 0 Å². The van der Waals surface area contributed by atoms with Gasteiger partial charge in [-0.2, -0.15) is 9.40 Å². The molecule has 1 aromatic heterocycles. The lowest BCUT2D eigenvalue weighted by Crippen LogP contribution is -2.37. The van der Waals surface area contributed by atoms with Crippen molar-refractivity contribution in [1.29, 1.82) is 0 Å². The molecule has 7 nitrogen and oxygen atoms in total. The maximum atomic E-state index is 12.4. The first-order valence-electron chi connectivity index (χ1n) is 6.03. The Morgan fingerprint density at radius 3 is 2.80 bits per heavy atom. The number of sulfone groups is 1. The van der Waals surface area contributed by atoms with Crippen molar-refractivity contribution < 1.29 is 16.8 Å². The number of sulfonamides is 1. The predicted octanol–water partition coefficient (Wildman–Crippen LogP) is -0.0705. The average Bonchev–Trinajstić information content (AvgIpc) is 2.95. The molecule has 1 aliphatic rings. The van der Waals surface area contributed by atoms with E-state index < -0.39 is 25.9 Å². The van der Waals surface area contributed by atoms with Crippen molar-refractivity contribution in [2.24, 2.45) is 0 Å². The lowest BCUT2D eigenvalue weighted by molar-refractivity contribution is 0.394. The second-order valence-electron chi connectivity index (χ2n) is 4.71. The third-order valence-electron chi connectivity index (χ3n) is 3.32. The summed E-state index contributed by atoms with van der Waals surface area (Å²) in [5.41, 5.74) is 0. The Kier molecular flexibility index (Phi) is 4.43. The number of nitrogens with zero attached hydrogens (tertiary/aromatic N) is 3. The zero-order valence-corrected chi connectivity index (χ0v) is 13.3. The second-order valence-corrected chi connectivity index (χ2v) is 9.31. The van der Waals surface area contributed by atoms with Crippen LogP contribution in [0.4, 0.5) is 0 Å². The monoisotopic (exact) mass is 341 g/mol. The van der Waals surface area contributed by atoms with Crippen LogP contribution in [0.25, 0.3) is 0 Å². The number of alkyl halides is 1. The van der Waals surface area contributed by atoms with Crippen molar-refractivity contribution in [1.82, 2.24) is 14.1 Å². The molecule has 1 aromatic rings. The highest BCUT2D eigenvalue weighted by Gasteiger charge is 2.36. The van der Waals surface area contributed by atoms with Gasteiger partial charge in [-0.15, -0.1) is 11.6 Å². The number of rotatable bonds is 5. The van der Waals surface area contributed by atoms with E-state index in [2.05, 4.69) is 5.10 Å². The third kappa shape index (κ3) is 3.16. The topological polar surface area (TPSA) is 89.3 Å². The SMILES string of the molecule is CN(C1CCS(=O)(=O)C1)S(=O)(=O)c1cnn(CCCl)c1. The largest absolute Gasteiger partial charge is 0.270 e. The van der Waals surface area contributed by atoms with E-state index in [1.54, 1.807) is 0 Å². The summed E-state index contributed by atoms with van der Waals surface area (Å²) < 4.78 is 50.2. The van der Waals surface area contributed by atoms with Gasteiger partial charge in [-0.3, -0.25) is 4.68 Å². The number of aryl methyl sites for hydroxylation is 1. The number of halogens is 1. The highest BCUT2D eigenvalue weighted by molar-refractivity contribution is 7.92. The van der Waals surface area contributed by atoms with Gasteiger partial charge in [0, 0.05) is 25.2 Å². The molecular formula is C10H16ClN3O4S2. The molecule has 0 N–H and O–H groups in total. The summed E-state index contributed by atoms with van der Waals surface area (Å²) in [6.07, 6.45) is 2.98. The van der Waals surface area contributed by atoms with E-state index in [4.69, 9.17) is 11.6 Å². The molecule has 1 saturated heterocycles. The van der Waals surface area contributed by atoms with Crippen LogP contribution in [-0.2, 0) is 26.4 Å². The normalized spacial score (nSPS) is 22.4. The van der Waals surface area contributed by atoms with Gasteiger partial charge in [0.2, 0.25) is 10.0 Å². The van der Waals surface area contributed by atoms with Gasteiger partial charge in [-0.05, 0) is 6.42 Å². The smallest absolute Gasteiger partial charge is 0.246 e. The van der Waals surface area contributed by atoms with Crippen LogP contribution in [0.3, 0.4) is 0 Å². The Labute approximate surface area is 123 Å². The van der Waals surface area contributed by atoms with E-state index in [1.807, 2.05) is 0 Å². The molecule has 0 amide bonds. The molecular weight excluding hydrogens is 326 g/mol. The molecule has 2 rings (SSSR count). The Hall–Kier alpha value is -0.640. The molecule has 0 radical (unpaired) electrons. The Morgan fingerprint density at radius 2 is 2.25 bits per heavy atom. The van der Waals surface area contributed by atoms with Crippen molar-refractivity contribution in [3.05, 3.63) is 12.4 Å². The van der Waals surface area contributed by atoms with Gasteiger partial charge >= 0.3 is 0 Å². The van der Waals surface area contributed by atoms with Gasteiger partial charge in [0.05, 0.1) is 24.2 Å². The summed E-state index contributed by atoms with van der Waals surface area (Å²) in [6.45, 7) is 0.415. The average molecular weight is 342 g/mol. The summed E-state index contributed by atoms with van der Waals surface area (Å²) in [7, 11) is -5.46. The first kappa shape index (κ1) is 15.7. The van der Waals surface area contributed by atoms with E-state index in [9.17, 15) is 16.8 Å². The van der Waals surface area contributed by atoms with Crippen molar-refractivity contribution >= 4 is 31.5 Å². The molecule has 1 fully saturated rings. The molecule has 1 unspecified atom stereocenters. The van der Waals surface area contributed by atoms with E-state index in [0.29, 0.717) is 18.8 Å². The molecule has 10 heteroatoms. The molecule has 0 spiro atoms. The van der Waals surface area contributed by atoms with Crippen LogP contribution in [0.2, 0.25) is 0 Å². The molecule has 20 heavy (non-hydrogen) atoms. The second kappa shape index (κ2) is 5.63. The minimum atomic E-state index is -3.73. The van der Waals surface area contributed by atoms with Crippen LogP contribution in [0.5, 0.6) is 0 Å². The summed E-state index contributed by atoms with van der Waals surface area (Å²) in [4.78, 5) is 0.0504. The van der Waals surface area contributed by atoms with E-state index in [-0.39, 0.29) is 16.4 Å². The van der Waals surface area contributed by atoms with Crippen LogP contribution >= 0.6 is 11.6 Å². The molecule has 0 aromatic carbocycles. The molecule has 0 bridgehead atoms. The molecule has 0 saturated carbocycles. The van der Waals surface area contributed by atoms with Gasteiger partial charge in [0.25, 0.3) is 0 Å². The lowest BCUT2D eigenvalue weighted by atomic mass is 10.3. The van der Waals surface area contributed by atoms with Gasteiger partial charge < -0.3 is 0 Å².